The standard InChI is InChI=1S/C15H20N4O2S/c1-2-3-10-22(20,21)19-15-8-7-14(12-18-15)17-11-13-6-4-5-9-16-13/h4-9,12,17H,2-3,10-11H2,1H3,(H,18,19). The molecule has 2 N–H and O–H groups in total. The van der Waals surface area contributed by atoms with Crippen molar-refractivity contribution in [2.45, 2.75) is 26.3 Å². The van der Waals surface area contributed by atoms with Crippen LogP contribution in [0.1, 0.15) is 25.5 Å². The van der Waals surface area contributed by atoms with Crippen molar-refractivity contribution in [3.8, 4) is 0 Å². The van der Waals surface area contributed by atoms with Crippen molar-refractivity contribution in [1.29, 1.82) is 0 Å². The third-order valence-corrected chi connectivity index (χ3v) is 4.34. The van der Waals surface area contributed by atoms with Crippen molar-refractivity contribution >= 4 is 21.5 Å². The molecule has 0 amide bonds. The van der Waals surface area contributed by atoms with E-state index in [0.717, 1.165) is 17.8 Å². The average molecular weight is 320 g/mol. The Morgan fingerprint density at radius 1 is 1.14 bits per heavy atom. The zero-order chi connectivity index (χ0) is 15.8. The van der Waals surface area contributed by atoms with Crippen molar-refractivity contribution in [2.75, 3.05) is 15.8 Å². The second-order valence-electron chi connectivity index (χ2n) is 4.88. The fraction of sp³-hybridized carbons (Fsp3) is 0.333. The average Bonchev–Trinajstić information content (AvgIpc) is 2.53. The molecule has 118 valence electrons. The maximum absolute atomic E-state index is 11.8. The van der Waals surface area contributed by atoms with Gasteiger partial charge in [-0.05, 0) is 30.7 Å². The SMILES string of the molecule is CCCCS(=O)(=O)Nc1ccc(NCc2ccccn2)cn1. The minimum absolute atomic E-state index is 0.116. The van der Waals surface area contributed by atoms with Gasteiger partial charge in [-0.25, -0.2) is 13.4 Å². The Bertz CT molecular complexity index is 672. The minimum Gasteiger partial charge on any atom is -0.378 e. The molecule has 0 aliphatic rings. The van der Waals surface area contributed by atoms with Gasteiger partial charge >= 0.3 is 0 Å². The van der Waals surface area contributed by atoms with E-state index >= 15 is 0 Å². The highest BCUT2D eigenvalue weighted by Crippen LogP contribution is 2.12. The number of nitrogens with zero attached hydrogens (tertiary/aromatic N) is 2. The van der Waals surface area contributed by atoms with Crippen molar-refractivity contribution in [1.82, 2.24) is 9.97 Å². The molecule has 0 radical (unpaired) electrons. The Hall–Kier alpha value is -2.15. The van der Waals surface area contributed by atoms with Crippen molar-refractivity contribution in [3.05, 3.63) is 48.4 Å². The van der Waals surface area contributed by atoms with Gasteiger partial charge < -0.3 is 5.32 Å². The summed E-state index contributed by atoms with van der Waals surface area (Å²) >= 11 is 0. The fourth-order valence-corrected chi connectivity index (χ4v) is 3.01. The lowest BCUT2D eigenvalue weighted by molar-refractivity contribution is 0.597. The van der Waals surface area contributed by atoms with Crippen LogP contribution in [-0.4, -0.2) is 24.1 Å². The molecule has 0 saturated carbocycles. The molecule has 0 unspecified atom stereocenters. The molecule has 0 bridgehead atoms. The molecule has 0 aliphatic carbocycles. The van der Waals surface area contributed by atoms with Gasteiger partial charge in [0.25, 0.3) is 0 Å². The first-order valence-corrected chi connectivity index (χ1v) is 8.84. The number of hydrogen-bond donors (Lipinski definition) is 2. The Morgan fingerprint density at radius 2 is 2.00 bits per heavy atom. The van der Waals surface area contributed by atoms with Crippen LogP contribution in [0, 0.1) is 0 Å². The molecule has 0 fully saturated rings. The molecule has 0 aromatic carbocycles. The zero-order valence-corrected chi connectivity index (χ0v) is 13.3. The van der Waals surface area contributed by atoms with E-state index in [0.29, 0.717) is 18.8 Å². The maximum Gasteiger partial charge on any atom is 0.233 e. The smallest absolute Gasteiger partial charge is 0.233 e. The third kappa shape index (κ3) is 5.33. The predicted octanol–water partition coefficient (Wildman–Crippen LogP) is 2.63. The van der Waals surface area contributed by atoms with Crippen LogP contribution in [-0.2, 0) is 16.6 Å². The summed E-state index contributed by atoms with van der Waals surface area (Å²) in [4.78, 5) is 8.32. The number of aromatic nitrogens is 2. The first kappa shape index (κ1) is 16.2. The molecule has 2 rings (SSSR count). The van der Waals surface area contributed by atoms with Crippen molar-refractivity contribution in [2.24, 2.45) is 0 Å². The molecule has 0 spiro atoms. The summed E-state index contributed by atoms with van der Waals surface area (Å²) in [5.41, 5.74) is 1.73. The second-order valence-corrected chi connectivity index (χ2v) is 6.72. The fourth-order valence-electron chi connectivity index (χ4n) is 1.80. The minimum atomic E-state index is -3.31. The van der Waals surface area contributed by atoms with Gasteiger partial charge in [-0.2, -0.15) is 0 Å². The highest BCUT2D eigenvalue weighted by Gasteiger charge is 2.10. The molecule has 0 atom stereocenters. The monoisotopic (exact) mass is 320 g/mol. The lowest BCUT2D eigenvalue weighted by Gasteiger charge is -2.08. The number of hydrogen-bond acceptors (Lipinski definition) is 5. The number of rotatable bonds is 8. The second kappa shape index (κ2) is 7.74. The topological polar surface area (TPSA) is 84.0 Å². The van der Waals surface area contributed by atoms with E-state index in [9.17, 15) is 8.42 Å². The largest absolute Gasteiger partial charge is 0.378 e. The number of nitrogens with one attached hydrogen (secondary N) is 2. The Morgan fingerprint density at radius 3 is 2.64 bits per heavy atom. The van der Waals surface area contributed by atoms with Gasteiger partial charge in [0, 0.05) is 6.20 Å². The summed E-state index contributed by atoms with van der Waals surface area (Å²) in [6.07, 6.45) is 4.81. The van der Waals surface area contributed by atoms with Crippen molar-refractivity contribution < 1.29 is 8.42 Å². The normalized spacial score (nSPS) is 11.1. The van der Waals surface area contributed by atoms with Crippen LogP contribution in [0.3, 0.4) is 0 Å². The number of unbranched alkanes of at least 4 members (excludes halogenated alkanes) is 1. The molecule has 0 aliphatic heterocycles. The van der Waals surface area contributed by atoms with E-state index in [1.165, 1.54) is 0 Å². The summed E-state index contributed by atoms with van der Waals surface area (Å²) in [6.45, 7) is 2.54. The molecule has 2 aromatic heterocycles. The first-order chi connectivity index (χ1) is 10.6. The van der Waals surface area contributed by atoms with E-state index < -0.39 is 10.0 Å². The molecule has 7 heteroatoms. The Balaban J connectivity index is 1.90. The van der Waals surface area contributed by atoms with E-state index in [4.69, 9.17) is 0 Å². The van der Waals surface area contributed by atoms with Gasteiger partial charge in [-0.15, -0.1) is 0 Å². The van der Waals surface area contributed by atoms with Gasteiger partial charge in [-0.3, -0.25) is 9.71 Å². The maximum atomic E-state index is 11.8. The van der Waals surface area contributed by atoms with Crippen LogP contribution in [0.25, 0.3) is 0 Å². The molecular formula is C15H20N4O2S. The Kier molecular flexibility index (Phi) is 5.71. The van der Waals surface area contributed by atoms with Crippen LogP contribution in [0.4, 0.5) is 11.5 Å². The third-order valence-electron chi connectivity index (χ3n) is 2.99. The molecule has 2 aromatic rings. The zero-order valence-electron chi connectivity index (χ0n) is 12.5. The van der Waals surface area contributed by atoms with Crippen LogP contribution in [0.5, 0.6) is 0 Å². The summed E-state index contributed by atoms with van der Waals surface area (Å²) in [5, 5.41) is 3.18. The van der Waals surface area contributed by atoms with Crippen LogP contribution >= 0.6 is 0 Å². The highest BCUT2D eigenvalue weighted by atomic mass is 32.2. The molecule has 2 heterocycles. The summed E-state index contributed by atoms with van der Waals surface area (Å²) in [7, 11) is -3.31. The van der Waals surface area contributed by atoms with E-state index in [2.05, 4.69) is 20.0 Å². The van der Waals surface area contributed by atoms with Crippen LogP contribution in [0.15, 0.2) is 42.7 Å². The number of sulfonamides is 1. The van der Waals surface area contributed by atoms with Gasteiger partial charge in [0.1, 0.15) is 5.82 Å². The number of anilines is 2. The van der Waals surface area contributed by atoms with Gasteiger partial charge in [0.2, 0.25) is 10.0 Å². The van der Waals surface area contributed by atoms with Gasteiger partial charge in [0.15, 0.2) is 0 Å². The lowest BCUT2D eigenvalue weighted by atomic mass is 10.3. The lowest BCUT2D eigenvalue weighted by Crippen LogP contribution is -2.17. The first-order valence-electron chi connectivity index (χ1n) is 7.19. The Labute approximate surface area is 131 Å². The van der Waals surface area contributed by atoms with E-state index in [-0.39, 0.29) is 5.75 Å². The molecule has 0 saturated heterocycles. The van der Waals surface area contributed by atoms with Crippen LogP contribution in [0.2, 0.25) is 0 Å². The number of pyridine rings is 2. The van der Waals surface area contributed by atoms with E-state index in [1.54, 1.807) is 24.5 Å². The summed E-state index contributed by atoms with van der Waals surface area (Å²) < 4.78 is 26.0. The van der Waals surface area contributed by atoms with E-state index in [1.807, 2.05) is 25.1 Å². The van der Waals surface area contributed by atoms with Crippen LogP contribution < -0.4 is 10.0 Å². The summed E-state index contributed by atoms with van der Waals surface area (Å²) in [5.74, 6) is 0.449. The quantitative estimate of drug-likeness (QED) is 0.781. The summed E-state index contributed by atoms with van der Waals surface area (Å²) in [6, 6.07) is 9.15. The highest BCUT2D eigenvalue weighted by molar-refractivity contribution is 7.92. The van der Waals surface area contributed by atoms with Gasteiger partial charge in [-0.1, -0.05) is 19.4 Å². The van der Waals surface area contributed by atoms with Gasteiger partial charge in [0.05, 0.1) is 29.9 Å². The molecule has 6 nitrogen and oxygen atoms in total. The molecular weight excluding hydrogens is 300 g/mol. The molecule has 22 heavy (non-hydrogen) atoms. The van der Waals surface area contributed by atoms with Crippen molar-refractivity contribution in [3.63, 3.8) is 0 Å². The predicted molar refractivity (Wildman–Crippen MR) is 88.1 cm³/mol.